The van der Waals surface area contributed by atoms with Crippen molar-refractivity contribution in [3.8, 4) is 17.3 Å². The SMILES string of the molecule is CC([C@H]1CC[C@H](C)CC1)n1c([C@@H](C)O)nc2cc(C#N)nc(-c3cncc(Cl)c3)c21. The smallest absolute Gasteiger partial charge is 0.143 e. The summed E-state index contributed by atoms with van der Waals surface area (Å²) in [5, 5.41) is 20.5. The van der Waals surface area contributed by atoms with Crippen molar-refractivity contribution in [2.45, 2.75) is 58.6 Å². The van der Waals surface area contributed by atoms with Crippen molar-refractivity contribution in [2.24, 2.45) is 11.8 Å². The van der Waals surface area contributed by atoms with E-state index >= 15 is 0 Å². The van der Waals surface area contributed by atoms with Crippen molar-refractivity contribution >= 4 is 22.6 Å². The number of hydrogen-bond donors (Lipinski definition) is 1. The molecule has 1 aliphatic carbocycles. The van der Waals surface area contributed by atoms with Gasteiger partial charge < -0.3 is 9.67 Å². The van der Waals surface area contributed by atoms with E-state index in [2.05, 4.69) is 34.5 Å². The number of aliphatic hydroxyl groups is 1. The molecule has 3 heterocycles. The lowest BCUT2D eigenvalue weighted by atomic mass is 9.79. The van der Waals surface area contributed by atoms with Crippen LogP contribution >= 0.6 is 11.6 Å². The van der Waals surface area contributed by atoms with Gasteiger partial charge in [0.1, 0.15) is 23.7 Å². The molecule has 6 nitrogen and oxygen atoms in total. The lowest BCUT2D eigenvalue weighted by Crippen LogP contribution is -2.24. The van der Waals surface area contributed by atoms with Gasteiger partial charge in [-0.2, -0.15) is 5.26 Å². The topological polar surface area (TPSA) is 87.6 Å². The van der Waals surface area contributed by atoms with E-state index in [0.717, 1.165) is 29.8 Å². The largest absolute Gasteiger partial charge is 0.385 e. The maximum absolute atomic E-state index is 10.5. The standard InChI is InChI=1S/C23H26ClN5O/c1-13-4-6-16(7-5-13)14(2)29-22-20(28-23(29)15(3)30)9-19(10-25)27-21(22)17-8-18(24)12-26-11-17/h8-9,11-16,30H,4-7H2,1-3H3/t13-,14?,15-,16-/m1/s1. The van der Waals surface area contributed by atoms with Crippen LogP contribution in [0.1, 0.15) is 70.1 Å². The molecule has 0 spiro atoms. The first kappa shape index (κ1) is 20.8. The zero-order valence-electron chi connectivity index (χ0n) is 17.5. The maximum atomic E-state index is 10.5. The van der Waals surface area contributed by atoms with E-state index in [1.165, 1.54) is 12.8 Å². The maximum Gasteiger partial charge on any atom is 0.143 e. The Balaban J connectivity index is 1.96. The summed E-state index contributed by atoms with van der Waals surface area (Å²) in [5.74, 6) is 1.86. The molecule has 1 aliphatic rings. The number of aliphatic hydroxyl groups excluding tert-OH is 1. The molecule has 7 heteroatoms. The minimum Gasteiger partial charge on any atom is -0.385 e. The van der Waals surface area contributed by atoms with Gasteiger partial charge in [0.25, 0.3) is 0 Å². The van der Waals surface area contributed by atoms with Crippen molar-refractivity contribution in [3.05, 3.63) is 41.1 Å². The lowest BCUT2D eigenvalue weighted by molar-refractivity contribution is 0.169. The Morgan fingerprint density at radius 2 is 1.90 bits per heavy atom. The van der Waals surface area contributed by atoms with Gasteiger partial charge in [-0.05, 0) is 44.6 Å². The van der Waals surface area contributed by atoms with E-state index in [1.54, 1.807) is 31.5 Å². The zero-order valence-corrected chi connectivity index (χ0v) is 18.3. The Labute approximate surface area is 181 Å². The highest BCUT2D eigenvalue weighted by atomic mass is 35.5. The van der Waals surface area contributed by atoms with Gasteiger partial charge in [0.2, 0.25) is 0 Å². The average Bonchev–Trinajstić information content (AvgIpc) is 3.13. The third kappa shape index (κ3) is 3.80. The fourth-order valence-corrected chi connectivity index (χ4v) is 4.80. The Kier molecular flexibility index (Phi) is 5.77. The number of imidazole rings is 1. The molecule has 3 aromatic heterocycles. The first-order valence-electron chi connectivity index (χ1n) is 10.5. The summed E-state index contributed by atoms with van der Waals surface area (Å²) in [7, 11) is 0. The Morgan fingerprint density at radius 1 is 1.17 bits per heavy atom. The van der Waals surface area contributed by atoms with Gasteiger partial charge in [0.15, 0.2) is 0 Å². The van der Waals surface area contributed by atoms with Crippen LogP contribution in [0.5, 0.6) is 0 Å². The zero-order chi connectivity index (χ0) is 21.4. The van der Waals surface area contributed by atoms with Crippen LogP contribution in [0, 0.1) is 23.2 Å². The minimum absolute atomic E-state index is 0.146. The third-order valence-electron chi connectivity index (χ3n) is 6.31. The van der Waals surface area contributed by atoms with Gasteiger partial charge in [0, 0.05) is 30.1 Å². The highest BCUT2D eigenvalue weighted by molar-refractivity contribution is 6.30. The predicted octanol–water partition coefficient (Wildman–Crippen LogP) is 5.46. The van der Waals surface area contributed by atoms with E-state index in [-0.39, 0.29) is 11.7 Å². The fourth-order valence-electron chi connectivity index (χ4n) is 4.63. The van der Waals surface area contributed by atoms with Crippen molar-refractivity contribution < 1.29 is 5.11 Å². The van der Waals surface area contributed by atoms with Crippen LogP contribution in [-0.2, 0) is 0 Å². The van der Waals surface area contributed by atoms with Gasteiger partial charge in [0.05, 0.1) is 21.7 Å². The second-order valence-electron chi connectivity index (χ2n) is 8.50. The summed E-state index contributed by atoms with van der Waals surface area (Å²) in [6.45, 7) is 6.24. The Hall–Kier alpha value is -2.49. The summed E-state index contributed by atoms with van der Waals surface area (Å²) in [5.41, 5.74) is 3.10. The van der Waals surface area contributed by atoms with Gasteiger partial charge in [-0.1, -0.05) is 31.4 Å². The molecule has 0 radical (unpaired) electrons. The number of pyridine rings is 2. The molecule has 3 aromatic rings. The summed E-state index contributed by atoms with van der Waals surface area (Å²) in [4.78, 5) is 13.5. The van der Waals surface area contributed by atoms with E-state index in [4.69, 9.17) is 16.6 Å². The number of rotatable bonds is 4. The minimum atomic E-state index is -0.738. The van der Waals surface area contributed by atoms with Gasteiger partial charge in [-0.25, -0.2) is 9.97 Å². The van der Waals surface area contributed by atoms with Crippen LogP contribution < -0.4 is 0 Å². The number of nitriles is 1. The molecule has 1 N–H and O–H groups in total. The third-order valence-corrected chi connectivity index (χ3v) is 6.52. The lowest BCUT2D eigenvalue weighted by Gasteiger charge is -2.33. The number of halogens is 1. The van der Waals surface area contributed by atoms with E-state index in [0.29, 0.717) is 28.0 Å². The van der Waals surface area contributed by atoms with Crippen molar-refractivity contribution in [3.63, 3.8) is 0 Å². The normalized spacial score (nSPS) is 21.3. The van der Waals surface area contributed by atoms with Gasteiger partial charge >= 0.3 is 0 Å². The molecule has 1 saturated carbocycles. The molecule has 30 heavy (non-hydrogen) atoms. The summed E-state index contributed by atoms with van der Waals surface area (Å²) < 4.78 is 2.13. The van der Waals surface area contributed by atoms with Crippen LogP contribution in [0.15, 0.2) is 24.5 Å². The predicted molar refractivity (Wildman–Crippen MR) is 117 cm³/mol. The molecule has 0 aromatic carbocycles. The molecule has 0 aliphatic heterocycles. The molecular formula is C23H26ClN5O. The first-order chi connectivity index (χ1) is 14.4. The molecule has 4 rings (SSSR count). The number of nitrogens with zero attached hydrogens (tertiary/aromatic N) is 5. The molecule has 0 amide bonds. The Bertz CT molecular complexity index is 1110. The highest BCUT2D eigenvalue weighted by Gasteiger charge is 2.30. The highest BCUT2D eigenvalue weighted by Crippen LogP contribution is 2.40. The van der Waals surface area contributed by atoms with E-state index < -0.39 is 6.10 Å². The summed E-state index contributed by atoms with van der Waals surface area (Å²) >= 11 is 6.20. The Morgan fingerprint density at radius 3 is 2.53 bits per heavy atom. The van der Waals surface area contributed by atoms with Crippen LogP contribution in [-0.4, -0.2) is 24.6 Å². The summed E-state index contributed by atoms with van der Waals surface area (Å²) in [6, 6.07) is 5.75. The van der Waals surface area contributed by atoms with E-state index in [9.17, 15) is 10.4 Å². The van der Waals surface area contributed by atoms with Crippen LogP contribution in [0.3, 0.4) is 0 Å². The molecular weight excluding hydrogens is 398 g/mol. The fraction of sp³-hybridized carbons (Fsp3) is 0.478. The van der Waals surface area contributed by atoms with Crippen LogP contribution in [0.2, 0.25) is 5.02 Å². The van der Waals surface area contributed by atoms with Crippen LogP contribution in [0.25, 0.3) is 22.3 Å². The van der Waals surface area contributed by atoms with Gasteiger partial charge in [-0.15, -0.1) is 0 Å². The average molecular weight is 424 g/mol. The molecule has 1 unspecified atom stereocenters. The molecule has 0 bridgehead atoms. The second kappa shape index (κ2) is 8.33. The first-order valence-corrected chi connectivity index (χ1v) is 10.9. The quantitative estimate of drug-likeness (QED) is 0.602. The van der Waals surface area contributed by atoms with Crippen LogP contribution in [0.4, 0.5) is 0 Å². The molecule has 156 valence electrons. The van der Waals surface area contributed by atoms with E-state index in [1.807, 2.05) is 0 Å². The number of hydrogen-bond acceptors (Lipinski definition) is 5. The summed E-state index contributed by atoms with van der Waals surface area (Å²) in [6.07, 6.45) is 7.26. The molecule has 2 atom stereocenters. The van der Waals surface area contributed by atoms with Crippen molar-refractivity contribution in [1.29, 1.82) is 5.26 Å². The number of fused-ring (bicyclic) bond motifs is 1. The van der Waals surface area contributed by atoms with Crippen molar-refractivity contribution in [1.82, 2.24) is 19.5 Å². The number of aromatic nitrogens is 4. The van der Waals surface area contributed by atoms with Gasteiger partial charge in [-0.3, -0.25) is 4.98 Å². The monoisotopic (exact) mass is 423 g/mol. The molecule has 0 saturated heterocycles. The van der Waals surface area contributed by atoms with Crippen molar-refractivity contribution in [2.75, 3.05) is 0 Å². The molecule has 1 fully saturated rings. The second-order valence-corrected chi connectivity index (χ2v) is 8.94.